The van der Waals surface area contributed by atoms with E-state index in [-0.39, 0.29) is 22.7 Å². The highest BCUT2D eigenvalue weighted by Gasteiger charge is 2.30. The SMILES string of the molecule is Cc1cc(NS(=O)(=O)c2ncc(C(=O)N3CCC(c4ccc(F)cc4)CC3)c(NCc3ccccc3)c2C)sn1. The van der Waals surface area contributed by atoms with Crippen molar-refractivity contribution >= 4 is 38.2 Å². The minimum absolute atomic E-state index is 0.152. The molecule has 8 nitrogen and oxygen atoms in total. The quantitative estimate of drug-likeness (QED) is 0.276. The Balaban J connectivity index is 1.41. The van der Waals surface area contributed by atoms with Crippen LogP contribution in [-0.4, -0.2) is 41.7 Å². The van der Waals surface area contributed by atoms with Crippen molar-refractivity contribution in [2.75, 3.05) is 23.1 Å². The second-order valence-electron chi connectivity index (χ2n) is 9.87. The molecule has 5 rings (SSSR count). The first kappa shape index (κ1) is 27.7. The standard InChI is InChI=1S/C29H30FN5O3S2/c1-19-16-26(39-33-19)34-40(37,38)28-20(2)27(31-17-21-6-4-3-5-7-21)25(18-32-28)29(36)35-14-12-23(13-15-35)22-8-10-24(30)11-9-22/h3-11,16,18,23,34H,12-15,17H2,1-2H3,(H,31,32). The summed E-state index contributed by atoms with van der Waals surface area (Å²) in [6, 6.07) is 17.9. The van der Waals surface area contributed by atoms with E-state index in [2.05, 4.69) is 19.4 Å². The van der Waals surface area contributed by atoms with Gasteiger partial charge in [-0.1, -0.05) is 42.5 Å². The van der Waals surface area contributed by atoms with Crippen LogP contribution in [0.2, 0.25) is 0 Å². The molecule has 2 aromatic carbocycles. The molecule has 208 valence electrons. The van der Waals surface area contributed by atoms with E-state index in [1.54, 1.807) is 36.9 Å². The minimum Gasteiger partial charge on any atom is -0.380 e. The van der Waals surface area contributed by atoms with E-state index in [0.29, 0.717) is 47.1 Å². The highest BCUT2D eigenvalue weighted by Crippen LogP contribution is 2.32. The number of rotatable bonds is 8. The molecule has 0 spiro atoms. The Hall–Kier alpha value is -3.83. The van der Waals surface area contributed by atoms with Gasteiger partial charge in [0.15, 0.2) is 5.03 Å². The largest absolute Gasteiger partial charge is 0.380 e. The predicted molar refractivity (Wildman–Crippen MR) is 155 cm³/mol. The molecule has 0 atom stereocenters. The number of likely N-dealkylation sites (tertiary alicyclic amines) is 1. The zero-order chi connectivity index (χ0) is 28.3. The molecule has 0 radical (unpaired) electrons. The van der Waals surface area contributed by atoms with Gasteiger partial charge in [0, 0.05) is 31.4 Å². The lowest BCUT2D eigenvalue weighted by Crippen LogP contribution is -2.38. The molecule has 1 aliphatic rings. The number of sulfonamides is 1. The first-order valence-electron chi connectivity index (χ1n) is 13.0. The van der Waals surface area contributed by atoms with Gasteiger partial charge >= 0.3 is 0 Å². The summed E-state index contributed by atoms with van der Waals surface area (Å²) in [4.78, 5) is 19.8. The van der Waals surface area contributed by atoms with Gasteiger partial charge in [0.2, 0.25) is 0 Å². The number of carbonyl (C=O) groups excluding carboxylic acids is 1. The van der Waals surface area contributed by atoms with Crippen molar-refractivity contribution in [3.63, 3.8) is 0 Å². The molecule has 0 saturated carbocycles. The van der Waals surface area contributed by atoms with Crippen LogP contribution in [0.15, 0.2) is 71.9 Å². The van der Waals surface area contributed by atoms with Gasteiger partial charge in [-0.2, -0.15) is 12.8 Å². The third-order valence-electron chi connectivity index (χ3n) is 7.06. The fourth-order valence-corrected chi connectivity index (χ4v) is 7.07. The Morgan fingerprint density at radius 2 is 1.77 bits per heavy atom. The van der Waals surface area contributed by atoms with E-state index in [1.807, 2.05) is 30.3 Å². The lowest BCUT2D eigenvalue weighted by Gasteiger charge is -2.33. The maximum atomic E-state index is 13.8. The zero-order valence-electron chi connectivity index (χ0n) is 22.2. The van der Waals surface area contributed by atoms with E-state index in [4.69, 9.17) is 0 Å². The van der Waals surface area contributed by atoms with Crippen molar-refractivity contribution in [2.45, 2.75) is 44.2 Å². The van der Waals surface area contributed by atoms with Crippen LogP contribution in [0, 0.1) is 19.7 Å². The summed E-state index contributed by atoms with van der Waals surface area (Å²) >= 11 is 1.05. The first-order valence-corrected chi connectivity index (χ1v) is 15.2. The number of aromatic nitrogens is 2. The van der Waals surface area contributed by atoms with Gasteiger partial charge in [0.1, 0.15) is 10.8 Å². The Morgan fingerprint density at radius 3 is 2.42 bits per heavy atom. The first-order chi connectivity index (χ1) is 19.2. The summed E-state index contributed by atoms with van der Waals surface area (Å²) < 4.78 is 46.6. The van der Waals surface area contributed by atoms with E-state index < -0.39 is 10.0 Å². The monoisotopic (exact) mass is 579 g/mol. The number of aryl methyl sites for hydroxylation is 1. The molecule has 11 heteroatoms. The van der Waals surface area contributed by atoms with E-state index >= 15 is 0 Å². The van der Waals surface area contributed by atoms with Crippen LogP contribution >= 0.6 is 11.5 Å². The molecule has 0 unspecified atom stereocenters. The van der Waals surface area contributed by atoms with Crippen LogP contribution in [0.1, 0.15) is 51.5 Å². The van der Waals surface area contributed by atoms with Gasteiger partial charge < -0.3 is 10.2 Å². The number of carbonyl (C=O) groups is 1. The third kappa shape index (κ3) is 6.15. The number of benzene rings is 2. The predicted octanol–water partition coefficient (Wildman–Crippen LogP) is 5.73. The van der Waals surface area contributed by atoms with Gasteiger partial charge in [-0.25, -0.2) is 9.37 Å². The molecule has 3 heterocycles. The molecule has 2 N–H and O–H groups in total. The Labute approximate surface area is 237 Å². The number of amides is 1. The van der Waals surface area contributed by atoms with Gasteiger partial charge in [-0.05, 0) is 73.5 Å². The number of hydrogen-bond acceptors (Lipinski definition) is 7. The summed E-state index contributed by atoms with van der Waals surface area (Å²) in [5.41, 5.74) is 3.87. The van der Waals surface area contributed by atoms with Crippen molar-refractivity contribution in [2.24, 2.45) is 0 Å². The van der Waals surface area contributed by atoms with E-state index in [1.165, 1.54) is 18.3 Å². The van der Waals surface area contributed by atoms with Crippen molar-refractivity contribution in [1.82, 2.24) is 14.3 Å². The van der Waals surface area contributed by atoms with Crippen LogP contribution in [0.25, 0.3) is 0 Å². The summed E-state index contributed by atoms with van der Waals surface area (Å²) in [5, 5.41) is 3.55. The van der Waals surface area contributed by atoms with Gasteiger partial charge in [-0.3, -0.25) is 9.52 Å². The molecule has 1 saturated heterocycles. The molecule has 0 bridgehead atoms. The van der Waals surface area contributed by atoms with Gasteiger partial charge in [0.25, 0.3) is 15.9 Å². The smallest absolute Gasteiger partial charge is 0.280 e. The summed E-state index contributed by atoms with van der Waals surface area (Å²) in [5.74, 6) is -0.231. The highest BCUT2D eigenvalue weighted by molar-refractivity contribution is 7.92. The average molecular weight is 580 g/mol. The molecule has 1 amide bonds. The second kappa shape index (κ2) is 11.7. The number of piperidine rings is 1. The molecule has 4 aromatic rings. The normalized spacial score (nSPS) is 14.2. The highest BCUT2D eigenvalue weighted by atomic mass is 32.2. The summed E-state index contributed by atoms with van der Waals surface area (Å²) in [6.45, 7) is 4.91. The van der Waals surface area contributed by atoms with Gasteiger partial charge in [-0.15, -0.1) is 0 Å². The topological polar surface area (TPSA) is 104 Å². The van der Waals surface area contributed by atoms with Crippen LogP contribution in [0.5, 0.6) is 0 Å². The maximum absolute atomic E-state index is 13.8. The maximum Gasteiger partial charge on any atom is 0.280 e. The number of anilines is 2. The molecular weight excluding hydrogens is 549 g/mol. The molecule has 1 aliphatic heterocycles. The van der Waals surface area contributed by atoms with E-state index in [0.717, 1.165) is 35.5 Å². The summed E-state index contributed by atoms with van der Waals surface area (Å²) in [6.07, 6.45) is 2.85. The van der Waals surface area contributed by atoms with Crippen LogP contribution in [-0.2, 0) is 16.6 Å². The lowest BCUT2D eigenvalue weighted by molar-refractivity contribution is 0.0713. The molecule has 2 aromatic heterocycles. The van der Waals surface area contributed by atoms with Crippen LogP contribution in [0.3, 0.4) is 0 Å². The van der Waals surface area contributed by atoms with Crippen molar-refractivity contribution in [3.05, 3.63) is 101 Å². The molecule has 0 aliphatic carbocycles. The van der Waals surface area contributed by atoms with Crippen LogP contribution in [0.4, 0.5) is 15.1 Å². The number of nitrogens with one attached hydrogen (secondary N) is 2. The van der Waals surface area contributed by atoms with Crippen LogP contribution < -0.4 is 10.0 Å². The number of nitrogens with zero attached hydrogens (tertiary/aromatic N) is 3. The lowest BCUT2D eigenvalue weighted by atomic mass is 9.89. The molecule has 40 heavy (non-hydrogen) atoms. The Bertz CT molecular complexity index is 1600. The fraction of sp³-hybridized carbons (Fsp3) is 0.276. The molecular formula is C29H30FN5O3S2. The number of hydrogen-bond donors (Lipinski definition) is 2. The fourth-order valence-electron chi connectivity index (χ4n) is 4.95. The van der Waals surface area contributed by atoms with Crippen molar-refractivity contribution in [3.8, 4) is 0 Å². The second-order valence-corrected chi connectivity index (χ2v) is 12.3. The molecule has 1 fully saturated rings. The minimum atomic E-state index is -4.03. The zero-order valence-corrected chi connectivity index (χ0v) is 23.9. The Kier molecular flexibility index (Phi) is 8.13. The number of pyridine rings is 1. The van der Waals surface area contributed by atoms with E-state index in [9.17, 15) is 17.6 Å². The van der Waals surface area contributed by atoms with Crippen molar-refractivity contribution < 1.29 is 17.6 Å². The Morgan fingerprint density at radius 1 is 1.07 bits per heavy atom. The summed E-state index contributed by atoms with van der Waals surface area (Å²) in [7, 11) is -4.03. The third-order valence-corrected chi connectivity index (χ3v) is 9.39. The average Bonchev–Trinajstić information content (AvgIpc) is 3.36. The van der Waals surface area contributed by atoms with Gasteiger partial charge in [0.05, 0.1) is 16.9 Å². The number of halogens is 1. The van der Waals surface area contributed by atoms with Crippen molar-refractivity contribution in [1.29, 1.82) is 0 Å².